The Kier molecular flexibility index (Phi) is 4.36. The van der Waals surface area contributed by atoms with Crippen LogP contribution < -0.4 is 4.74 Å². The van der Waals surface area contributed by atoms with Crippen molar-refractivity contribution in [3.05, 3.63) is 51.9 Å². The predicted molar refractivity (Wildman–Crippen MR) is 90.2 cm³/mol. The van der Waals surface area contributed by atoms with Gasteiger partial charge < -0.3 is 14.4 Å². The number of hydrogen-bond acceptors (Lipinski definition) is 8. The summed E-state index contributed by atoms with van der Waals surface area (Å²) in [6.45, 7) is 1.57. The number of ether oxygens (including phenoxy) is 1. The highest BCUT2D eigenvalue weighted by Gasteiger charge is 2.31. The lowest BCUT2D eigenvalue weighted by Crippen LogP contribution is -2.00. The third kappa shape index (κ3) is 2.75. The van der Waals surface area contributed by atoms with Crippen molar-refractivity contribution >= 4 is 12.0 Å². The van der Waals surface area contributed by atoms with Crippen LogP contribution in [0, 0.1) is 17.0 Å². The molecule has 0 saturated carbocycles. The van der Waals surface area contributed by atoms with E-state index in [0.717, 1.165) is 0 Å². The molecule has 9 nitrogen and oxygen atoms in total. The number of carbonyl (C=O) groups excluding carboxylic acids is 1. The Morgan fingerprint density at radius 2 is 2.04 bits per heavy atom. The molecule has 1 heterocycles. The van der Waals surface area contributed by atoms with Crippen LogP contribution in [0.2, 0.25) is 0 Å². The number of hydrogen-bond donors (Lipinski definition) is 1. The Hall–Kier alpha value is -3.75. The molecule has 0 fully saturated rings. The fourth-order valence-electron chi connectivity index (χ4n) is 2.65. The molecule has 0 saturated heterocycles. The van der Waals surface area contributed by atoms with E-state index < -0.39 is 16.4 Å². The van der Waals surface area contributed by atoms with E-state index >= 15 is 0 Å². The van der Waals surface area contributed by atoms with Crippen molar-refractivity contribution in [1.82, 2.24) is 10.1 Å². The molecule has 1 aromatic heterocycles. The number of aromatic hydroxyl groups is 1. The Morgan fingerprint density at radius 3 is 2.62 bits per heavy atom. The van der Waals surface area contributed by atoms with Gasteiger partial charge in [0.05, 0.1) is 17.6 Å². The van der Waals surface area contributed by atoms with Crippen LogP contribution >= 0.6 is 0 Å². The summed E-state index contributed by atoms with van der Waals surface area (Å²) in [5.41, 5.74) is 0.0386. The SMILES string of the molecule is COc1cc(-c2noc(C)n2)c(-c2ccccc2C=O)c([N+](=O)[O-])c1O. The number of phenols is 1. The molecular formula is C17H13N3O6. The van der Waals surface area contributed by atoms with Gasteiger partial charge in [-0.3, -0.25) is 14.9 Å². The first kappa shape index (κ1) is 17.1. The molecule has 3 aromatic rings. The Labute approximate surface area is 147 Å². The lowest BCUT2D eigenvalue weighted by Gasteiger charge is -2.13. The minimum absolute atomic E-state index is 0.00296. The van der Waals surface area contributed by atoms with Gasteiger partial charge in [0, 0.05) is 18.1 Å². The minimum atomic E-state index is -0.745. The number of nitro benzene ring substituents is 1. The fraction of sp³-hybridized carbons (Fsp3) is 0.118. The van der Waals surface area contributed by atoms with Gasteiger partial charge in [0.15, 0.2) is 12.0 Å². The molecular weight excluding hydrogens is 342 g/mol. The number of nitrogens with zero attached hydrogens (tertiary/aromatic N) is 3. The lowest BCUT2D eigenvalue weighted by atomic mass is 9.93. The highest BCUT2D eigenvalue weighted by Crippen LogP contribution is 2.49. The first-order valence-electron chi connectivity index (χ1n) is 7.41. The quantitative estimate of drug-likeness (QED) is 0.420. The normalized spacial score (nSPS) is 10.5. The highest BCUT2D eigenvalue weighted by molar-refractivity contribution is 5.98. The zero-order valence-electron chi connectivity index (χ0n) is 13.8. The number of aromatic nitrogens is 2. The summed E-state index contributed by atoms with van der Waals surface area (Å²) in [6, 6.07) is 7.66. The van der Waals surface area contributed by atoms with Crippen molar-refractivity contribution in [2.45, 2.75) is 6.92 Å². The summed E-state index contributed by atoms with van der Waals surface area (Å²) in [7, 11) is 1.27. The topological polar surface area (TPSA) is 129 Å². The standard InChI is InChI=1S/C17H13N3O6/c1-9-18-17(19-26-9)12-7-13(25-2)16(22)15(20(23)24)14(12)11-6-4-3-5-10(11)8-21/h3-8,22H,1-2H3. The Bertz CT molecular complexity index is 1010. The van der Waals surface area contributed by atoms with E-state index in [4.69, 9.17) is 9.26 Å². The molecule has 3 rings (SSSR count). The van der Waals surface area contributed by atoms with Gasteiger partial charge in [0.25, 0.3) is 0 Å². The molecule has 0 aliphatic rings. The Morgan fingerprint density at radius 1 is 1.31 bits per heavy atom. The van der Waals surface area contributed by atoms with E-state index in [2.05, 4.69) is 10.1 Å². The van der Waals surface area contributed by atoms with Crippen molar-refractivity contribution in [2.75, 3.05) is 7.11 Å². The van der Waals surface area contributed by atoms with Crippen LogP contribution in [-0.2, 0) is 0 Å². The van der Waals surface area contributed by atoms with Crippen LogP contribution in [0.3, 0.4) is 0 Å². The monoisotopic (exact) mass is 355 g/mol. The summed E-state index contributed by atoms with van der Waals surface area (Å²) in [5.74, 6) is -0.456. The van der Waals surface area contributed by atoms with E-state index in [-0.39, 0.29) is 39.7 Å². The smallest absolute Gasteiger partial charge is 0.323 e. The largest absolute Gasteiger partial charge is 0.499 e. The third-order valence-corrected chi connectivity index (χ3v) is 3.77. The van der Waals surface area contributed by atoms with Crippen LogP contribution in [0.15, 0.2) is 34.9 Å². The Balaban J connectivity index is 2.49. The summed E-state index contributed by atoms with van der Waals surface area (Å²) in [6.07, 6.45) is 0.575. The van der Waals surface area contributed by atoms with Gasteiger partial charge in [-0.05, 0) is 11.6 Å². The molecule has 0 amide bonds. The number of phenolic OH excluding ortho intramolecular Hbond substituents is 1. The second kappa shape index (κ2) is 6.63. The van der Waals surface area contributed by atoms with Gasteiger partial charge in [-0.15, -0.1) is 0 Å². The van der Waals surface area contributed by atoms with Gasteiger partial charge >= 0.3 is 5.69 Å². The molecule has 0 bridgehead atoms. The van der Waals surface area contributed by atoms with Crippen LogP contribution in [0.5, 0.6) is 11.5 Å². The molecule has 0 spiro atoms. The van der Waals surface area contributed by atoms with Crippen LogP contribution in [0.4, 0.5) is 5.69 Å². The molecule has 0 radical (unpaired) electrons. The molecule has 1 N–H and O–H groups in total. The van der Waals surface area contributed by atoms with Crippen LogP contribution in [-0.4, -0.2) is 33.6 Å². The summed E-state index contributed by atoms with van der Waals surface area (Å²) in [5, 5.41) is 25.8. The second-order valence-electron chi connectivity index (χ2n) is 5.30. The first-order valence-corrected chi connectivity index (χ1v) is 7.41. The zero-order chi connectivity index (χ0) is 18.8. The third-order valence-electron chi connectivity index (χ3n) is 3.77. The molecule has 2 aromatic carbocycles. The molecule has 0 atom stereocenters. The highest BCUT2D eigenvalue weighted by atomic mass is 16.6. The van der Waals surface area contributed by atoms with E-state index in [1.807, 2.05) is 0 Å². The lowest BCUT2D eigenvalue weighted by molar-refractivity contribution is -0.385. The second-order valence-corrected chi connectivity index (χ2v) is 5.30. The average molecular weight is 355 g/mol. The van der Waals surface area contributed by atoms with E-state index in [1.165, 1.54) is 25.3 Å². The van der Waals surface area contributed by atoms with Gasteiger partial charge in [-0.25, -0.2) is 0 Å². The van der Waals surface area contributed by atoms with Gasteiger partial charge in [-0.2, -0.15) is 4.98 Å². The van der Waals surface area contributed by atoms with Crippen molar-refractivity contribution in [3.8, 4) is 34.0 Å². The number of benzene rings is 2. The number of rotatable bonds is 5. The van der Waals surface area contributed by atoms with E-state index in [0.29, 0.717) is 6.29 Å². The molecule has 9 heteroatoms. The summed E-state index contributed by atoms with van der Waals surface area (Å²) in [4.78, 5) is 26.5. The van der Waals surface area contributed by atoms with Crippen LogP contribution in [0.25, 0.3) is 22.5 Å². The molecule has 0 aliphatic carbocycles. The molecule has 0 unspecified atom stereocenters. The maximum absolute atomic E-state index is 11.7. The number of aldehydes is 1. The van der Waals surface area contributed by atoms with Gasteiger partial charge in [0.2, 0.25) is 17.5 Å². The molecule has 26 heavy (non-hydrogen) atoms. The number of aryl methyl sites for hydroxylation is 1. The average Bonchev–Trinajstić information content (AvgIpc) is 3.07. The predicted octanol–water partition coefficient (Wildman–Crippen LogP) is 3.15. The maximum atomic E-state index is 11.7. The number of nitro groups is 1. The number of methoxy groups -OCH3 is 1. The fourth-order valence-corrected chi connectivity index (χ4v) is 2.65. The number of carbonyl (C=O) groups is 1. The van der Waals surface area contributed by atoms with Crippen molar-refractivity contribution in [3.63, 3.8) is 0 Å². The van der Waals surface area contributed by atoms with Gasteiger partial charge in [0.1, 0.15) is 0 Å². The van der Waals surface area contributed by atoms with Crippen LogP contribution in [0.1, 0.15) is 16.2 Å². The van der Waals surface area contributed by atoms with Gasteiger partial charge in [-0.1, -0.05) is 29.4 Å². The van der Waals surface area contributed by atoms with Crippen molar-refractivity contribution < 1.29 is 24.1 Å². The summed E-state index contributed by atoms with van der Waals surface area (Å²) >= 11 is 0. The maximum Gasteiger partial charge on any atom is 0.323 e. The van der Waals surface area contributed by atoms with Crippen molar-refractivity contribution in [2.24, 2.45) is 0 Å². The van der Waals surface area contributed by atoms with Crippen molar-refractivity contribution in [1.29, 1.82) is 0 Å². The summed E-state index contributed by atoms with van der Waals surface area (Å²) < 4.78 is 10.0. The minimum Gasteiger partial charge on any atom is -0.499 e. The van der Waals surface area contributed by atoms with E-state index in [1.54, 1.807) is 19.1 Å². The van der Waals surface area contributed by atoms with E-state index in [9.17, 15) is 20.0 Å². The molecule has 0 aliphatic heterocycles. The molecule has 132 valence electrons. The zero-order valence-corrected chi connectivity index (χ0v) is 13.8. The first-order chi connectivity index (χ1) is 12.5.